The van der Waals surface area contributed by atoms with Crippen LogP contribution in [0, 0.1) is 29.5 Å². The van der Waals surface area contributed by atoms with Gasteiger partial charge in [-0.3, -0.25) is 0 Å². The Morgan fingerprint density at radius 3 is 2.36 bits per heavy atom. The van der Waals surface area contributed by atoms with Gasteiger partial charge in [-0.05, 0) is 106 Å². The molecular weight excluding hydrogens is 467 g/mol. The van der Waals surface area contributed by atoms with Crippen molar-refractivity contribution in [2.45, 2.75) is 103 Å². The molecule has 1 aromatic heterocycles. The van der Waals surface area contributed by atoms with Gasteiger partial charge in [0, 0.05) is 10.8 Å². The first-order chi connectivity index (χ1) is 17.6. The highest BCUT2D eigenvalue weighted by molar-refractivity contribution is 7.19. The first-order valence-corrected chi connectivity index (χ1v) is 15.6. The Labute approximate surface area is 221 Å². The lowest BCUT2D eigenvalue weighted by molar-refractivity contribution is 0.0330. The quantitative estimate of drug-likeness (QED) is 0.328. The molecule has 0 spiro atoms. The fourth-order valence-electron chi connectivity index (χ4n) is 7.13. The molecular formula is C32H45FO2S. The van der Waals surface area contributed by atoms with E-state index in [9.17, 15) is 4.39 Å². The van der Waals surface area contributed by atoms with Crippen molar-refractivity contribution >= 4 is 21.4 Å². The summed E-state index contributed by atoms with van der Waals surface area (Å²) in [5.74, 6) is 4.26. The van der Waals surface area contributed by atoms with Crippen LogP contribution < -0.4 is 4.74 Å². The average Bonchev–Trinajstić information content (AvgIpc) is 3.36. The van der Waals surface area contributed by atoms with Gasteiger partial charge in [-0.1, -0.05) is 44.8 Å². The summed E-state index contributed by atoms with van der Waals surface area (Å²) < 4.78 is 27.2. The van der Waals surface area contributed by atoms with Gasteiger partial charge in [0.1, 0.15) is 0 Å². The fraction of sp³-hybridized carbons (Fsp3) is 0.688. The third-order valence-electron chi connectivity index (χ3n) is 9.29. The summed E-state index contributed by atoms with van der Waals surface area (Å²) in [5, 5.41) is 0.975. The zero-order valence-corrected chi connectivity index (χ0v) is 23.2. The maximum Gasteiger partial charge on any atom is 0.182 e. The third-order valence-corrected chi connectivity index (χ3v) is 10.6. The minimum atomic E-state index is -0.220. The maximum absolute atomic E-state index is 14.8. The molecule has 0 amide bonds. The molecule has 4 heteroatoms. The smallest absolute Gasteiger partial charge is 0.182 e. The molecule has 2 aromatic rings. The molecule has 2 aliphatic carbocycles. The topological polar surface area (TPSA) is 18.5 Å². The van der Waals surface area contributed by atoms with Crippen LogP contribution in [0.5, 0.6) is 5.75 Å². The Balaban J connectivity index is 1.07. The monoisotopic (exact) mass is 512 g/mol. The van der Waals surface area contributed by atoms with E-state index in [1.807, 2.05) is 13.0 Å². The number of ether oxygens (including phenoxy) is 2. The molecule has 0 radical (unpaired) electrons. The molecule has 2 atom stereocenters. The van der Waals surface area contributed by atoms with Crippen LogP contribution in [0.4, 0.5) is 4.39 Å². The summed E-state index contributed by atoms with van der Waals surface area (Å²) in [6, 6.07) is 5.88. The minimum absolute atomic E-state index is 0.220. The van der Waals surface area contributed by atoms with Crippen LogP contribution in [0.2, 0.25) is 0 Å². The molecule has 2 unspecified atom stereocenters. The van der Waals surface area contributed by atoms with E-state index < -0.39 is 0 Å². The Morgan fingerprint density at radius 2 is 1.69 bits per heavy atom. The Hall–Kier alpha value is -1.39. The van der Waals surface area contributed by atoms with Gasteiger partial charge in [-0.15, -0.1) is 11.3 Å². The first kappa shape index (κ1) is 26.2. The van der Waals surface area contributed by atoms with E-state index in [1.54, 1.807) is 17.4 Å². The number of halogens is 1. The fourth-order valence-corrected chi connectivity index (χ4v) is 8.34. The molecule has 198 valence electrons. The van der Waals surface area contributed by atoms with Crippen LogP contribution in [0.15, 0.2) is 30.4 Å². The van der Waals surface area contributed by atoms with Crippen molar-refractivity contribution < 1.29 is 13.9 Å². The second-order valence-electron chi connectivity index (χ2n) is 11.7. The van der Waals surface area contributed by atoms with Gasteiger partial charge in [0.15, 0.2) is 11.6 Å². The summed E-state index contributed by atoms with van der Waals surface area (Å²) in [4.78, 5) is 1.24. The molecule has 2 nitrogen and oxygen atoms in total. The Morgan fingerprint density at radius 1 is 0.944 bits per heavy atom. The lowest BCUT2D eigenvalue weighted by atomic mass is 9.68. The number of hydrogen-bond acceptors (Lipinski definition) is 3. The Bertz CT molecular complexity index is 989. The van der Waals surface area contributed by atoms with E-state index >= 15 is 0 Å². The molecule has 36 heavy (non-hydrogen) atoms. The molecule has 3 fully saturated rings. The van der Waals surface area contributed by atoms with Gasteiger partial charge in [0.2, 0.25) is 0 Å². The van der Waals surface area contributed by atoms with Gasteiger partial charge in [-0.25, -0.2) is 4.39 Å². The highest BCUT2D eigenvalue weighted by Gasteiger charge is 2.30. The van der Waals surface area contributed by atoms with Gasteiger partial charge < -0.3 is 9.47 Å². The van der Waals surface area contributed by atoms with Crippen LogP contribution >= 0.6 is 11.3 Å². The molecule has 1 aromatic carbocycles. The van der Waals surface area contributed by atoms with Crippen molar-refractivity contribution in [1.29, 1.82) is 0 Å². The predicted octanol–water partition coefficient (Wildman–Crippen LogP) is 9.67. The molecule has 1 aliphatic heterocycles. The predicted molar refractivity (Wildman–Crippen MR) is 150 cm³/mol. The largest absolute Gasteiger partial charge is 0.491 e. The first-order valence-electron chi connectivity index (χ1n) is 14.8. The lowest BCUT2D eigenvalue weighted by Crippen LogP contribution is -2.26. The van der Waals surface area contributed by atoms with E-state index in [0.29, 0.717) is 23.0 Å². The van der Waals surface area contributed by atoms with Gasteiger partial charge in [0.25, 0.3) is 0 Å². The van der Waals surface area contributed by atoms with Crippen molar-refractivity contribution in [2.24, 2.45) is 23.7 Å². The van der Waals surface area contributed by atoms with Crippen LogP contribution in [0.1, 0.15) is 102 Å². The van der Waals surface area contributed by atoms with Gasteiger partial charge in [-0.2, -0.15) is 0 Å². The number of benzene rings is 1. The van der Waals surface area contributed by atoms with Crippen molar-refractivity contribution in [1.82, 2.24) is 0 Å². The minimum Gasteiger partial charge on any atom is -0.491 e. The van der Waals surface area contributed by atoms with E-state index in [1.165, 1.54) is 69.1 Å². The molecule has 1 saturated heterocycles. The summed E-state index contributed by atoms with van der Waals surface area (Å²) in [6.07, 6.45) is 21.6. The summed E-state index contributed by atoms with van der Waals surface area (Å²) in [7, 11) is 0. The second-order valence-corrected chi connectivity index (χ2v) is 12.7. The number of hydrogen-bond donors (Lipinski definition) is 0. The van der Waals surface area contributed by atoms with Gasteiger partial charge in [0.05, 0.1) is 24.0 Å². The standard InChI is InChI=1S/C32H45FO2S/c1-3-5-22-6-11-24(12-7-22)25-13-8-23(9-14-25)10-17-28-18-15-27(21-35-28)30-20-26-16-19-29(34-4-2)31(33)32(26)36-30/h10,16-17,19-20,22-25,27-28H,3-9,11-15,18,21H2,1-2H3/b17-10+. The normalized spacial score (nSPS) is 31.8. The number of thiophene rings is 1. The lowest BCUT2D eigenvalue weighted by Gasteiger charge is -2.37. The van der Waals surface area contributed by atoms with E-state index in [4.69, 9.17) is 9.47 Å². The van der Waals surface area contributed by atoms with Crippen molar-refractivity contribution in [3.8, 4) is 5.75 Å². The molecule has 0 N–H and O–H groups in total. The SMILES string of the molecule is CCCC1CCC(C2CCC(/C=C/C3CCC(c4cc5ccc(OCC)c(F)c5s4)CO3)CC2)CC1. The maximum atomic E-state index is 14.8. The number of fused-ring (bicyclic) bond motifs is 1. The second kappa shape index (κ2) is 12.4. The molecule has 5 rings (SSSR count). The van der Waals surface area contributed by atoms with E-state index in [2.05, 4.69) is 25.1 Å². The van der Waals surface area contributed by atoms with Crippen LogP contribution in [-0.4, -0.2) is 19.3 Å². The van der Waals surface area contributed by atoms with Crippen LogP contribution in [0.25, 0.3) is 10.1 Å². The van der Waals surface area contributed by atoms with E-state index in [-0.39, 0.29) is 11.9 Å². The highest BCUT2D eigenvalue weighted by Crippen LogP contribution is 2.43. The number of rotatable bonds is 8. The molecule has 0 bridgehead atoms. The third kappa shape index (κ3) is 6.18. The van der Waals surface area contributed by atoms with Crippen molar-refractivity contribution in [3.63, 3.8) is 0 Å². The summed E-state index contributed by atoms with van der Waals surface area (Å²) >= 11 is 1.57. The molecule has 3 aliphatic rings. The van der Waals surface area contributed by atoms with Crippen molar-refractivity contribution in [2.75, 3.05) is 13.2 Å². The van der Waals surface area contributed by atoms with Crippen molar-refractivity contribution in [3.05, 3.63) is 41.0 Å². The molecule has 2 saturated carbocycles. The number of allylic oxidation sites excluding steroid dienone is 1. The average molecular weight is 513 g/mol. The summed E-state index contributed by atoms with van der Waals surface area (Å²) in [6.45, 7) is 5.44. The van der Waals surface area contributed by atoms with E-state index in [0.717, 1.165) is 48.5 Å². The highest BCUT2D eigenvalue weighted by atomic mass is 32.1. The zero-order valence-electron chi connectivity index (χ0n) is 22.4. The van der Waals surface area contributed by atoms with Crippen LogP contribution in [-0.2, 0) is 4.74 Å². The molecule has 2 heterocycles. The Kier molecular flexibility index (Phi) is 9.06. The zero-order chi connectivity index (χ0) is 24.9. The summed E-state index contributed by atoms with van der Waals surface area (Å²) in [5.41, 5.74) is 0. The van der Waals surface area contributed by atoms with Crippen LogP contribution in [0.3, 0.4) is 0 Å². The van der Waals surface area contributed by atoms with Gasteiger partial charge >= 0.3 is 0 Å².